The van der Waals surface area contributed by atoms with Crippen molar-refractivity contribution in [2.45, 2.75) is 52.0 Å². The summed E-state index contributed by atoms with van der Waals surface area (Å²) in [6.07, 6.45) is 5.91. The van der Waals surface area contributed by atoms with Crippen molar-refractivity contribution in [3.05, 3.63) is 15.6 Å². The molecule has 0 unspecified atom stereocenters. The van der Waals surface area contributed by atoms with E-state index in [1.54, 1.807) is 11.3 Å². The van der Waals surface area contributed by atoms with E-state index >= 15 is 0 Å². The summed E-state index contributed by atoms with van der Waals surface area (Å²) in [5, 5.41) is 10.1. The Balaban J connectivity index is 2.08. The van der Waals surface area contributed by atoms with Gasteiger partial charge in [-0.25, -0.2) is 4.98 Å². The van der Waals surface area contributed by atoms with Gasteiger partial charge in [0, 0.05) is 11.4 Å². The van der Waals surface area contributed by atoms with Crippen LogP contribution in [0.1, 0.15) is 48.2 Å². The van der Waals surface area contributed by atoms with Gasteiger partial charge < -0.3 is 5.11 Å². The van der Waals surface area contributed by atoms with Gasteiger partial charge in [-0.3, -0.25) is 9.69 Å². The Morgan fingerprint density at radius 2 is 2.11 bits per heavy atom. The van der Waals surface area contributed by atoms with Crippen molar-refractivity contribution >= 4 is 17.3 Å². The van der Waals surface area contributed by atoms with Crippen molar-refractivity contribution in [3.63, 3.8) is 0 Å². The lowest BCUT2D eigenvalue weighted by molar-refractivity contribution is -0.136. The molecule has 106 valence electrons. The highest BCUT2D eigenvalue weighted by molar-refractivity contribution is 7.11. The summed E-state index contributed by atoms with van der Waals surface area (Å²) in [5.74, 6) is -0.784. The topological polar surface area (TPSA) is 53.4 Å². The van der Waals surface area contributed by atoms with E-state index in [2.05, 4.69) is 16.8 Å². The van der Waals surface area contributed by atoms with E-state index in [-0.39, 0.29) is 6.42 Å². The van der Waals surface area contributed by atoms with E-state index in [1.807, 2.05) is 0 Å². The molecule has 1 saturated heterocycles. The van der Waals surface area contributed by atoms with Crippen LogP contribution in [0.2, 0.25) is 0 Å². The third kappa shape index (κ3) is 4.28. The Labute approximate surface area is 118 Å². The van der Waals surface area contributed by atoms with Crippen molar-refractivity contribution in [2.75, 3.05) is 13.1 Å². The Hall–Kier alpha value is -0.940. The summed E-state index contributed by atoms with van der Waals surface area (Å²) in [7, 11) is 0. The fraction of sp³-hybridized carbons (Fsp3) is 0.714. The lowest BCUT2D eigenvalue weighted by Gasteiger charge is -2.25. The fourth-order valence-electron chi connectivity index (χ4n) is 2.48. The molecule has 0 atom stereocenters. The number of carboxylic acid groups (broad SMARTS) is 1. The van der Waals surface area contributed by atoms with Crippen LogP contribution >= 0.6 is 11.3 Å². The number of nitrogens with zero attached hydrogens (tertiary/aromatic N) is 2. The van der Waals surface area contributed by atoms with Crippen LogP contribution in [0.4, 0.5) is 0 Å². The molecule has 19 heavy (non-hydrogen) atoms. The van der Waals surface area contributed by atoms with Crippen LogP contribution in [-0.2, 0) is 24.2 Å². The summed E-state index contributed by atoms with van der Waals surface area (Å²) in [6.45, 7) is 5.27. The summed E-state index contributed by atoms with van der Waals surface area (Å²) in [5.41, 5.74) is 0.784. The summed E-state index contributed by atoms with van der Waals surface area (Å²) >= 11 is 1.70. The molecule has 1 aromatic heterocycles. The zero-order chi connectivity index (χ0) is 13.7. The minimum atomic E-state index is -0.784. The normalized spacial score (nSPS) is 16.7. The Kier molecular flexibility index (Phi) is 5.34. The van der Waals surface area contributed by atoms with Crippen LogP contribution in [0, 0.1) is 0 Å². The molecule has 2 heterocycles. The first-order chi connectivity index (χ1) is 9.19. The molecular formula is C14H22N2O2S. The second-order valence-corrected chi connectivity index (χ2v) is 6.30. The molecule has 1 fully saturated rings. The molecule has 1 N–H and O–H groups in total. The summed E-state index contributed by atoms with van der Waals surface area (Å²) in [6, 6.07) is 0. The second kappa shape index (κ2) is 7.01. The third-order valence-electron chi connectivity index (χ3n) is 3.42. The molecule has 0 aromatic carbocycles. The van der Waals surface area contributed by atoms with Gasteiger partial charge in [0.2, 0.25) is 0 Å². The molecule has 1 aliphatic heterocycles. The fourth-order valence-corrected chi connectivity index (χ4v) is 3.71. The minimum Gasteiger partial charge on any atom is -0.481 e. The van der Waals surface area contributed by atoms with Crippen LogP contribution in [0.25, 0.3) is 0 Å². The smallest absolute Gasteiger partial charge is 0.309 e. The SMILES string of the molecule is CCCc1nc(CC(=O)O)c(CN2CCCCC2)s1. The van der Waals surface area contributed by atoms with Gasteiger partial charge in [0.05, 0.1) is 17.1 Å². The molecule has 0 bridgehead atoms. The average Bonchev–Trinajstić information content (AvgIpc) is 2.72. The largest absolute Gasteiger partial charge is 0.481 e. The van der Waals surface area contributed by atoms with Gasteiger partial charge in [0.1, 0.15) is 0 Å². The van der Waals surface area contributed by atoms with E-state index < -0.39 is 5.97 Å². The van der Waals surface area contributed by atoms with E-state index in [9.17, 15) is 4.79 Å². The summed E-state index contributed by atoms with van der Waals surface area (Å²) in [4.78, 5) is 19.0. The number of aryl methyl sites for hydroxylation is 1. The number of rotatable bonds is 6. The van der Waals surface area contributed by atoms with Gasteiger partial charge in [-0.2, -0.15) is 0 Å². The number of carbonyl (C=O) groups is 1. The first kappa shape index (κ1) is 14.5. The van der Waals surface area contributed by atoms with Crippen LogP contribution < -0.4 is 0 Å². The van der Waals surface area contributed by atoms with Gasteiger partial charge in [0.15, 0.2) is 0 Å². The molecule has 1 aliphatic rings. The van der Waals surface area contributed by atoms with Gasteiger partial charge >= 0.3 is 5.97 Å². The van der Waals surface area contributed by atoms with Crippen LogP contribution in [-0.4, -0.2) is 34.0 Å². The number of aromatic nitrogens is 1. The first-order valence-electron chi connectivity index (χ1n) is 7.10. The van der Waals surface area contributed by atoms with Gasteiger partial charge in [0.25, 0.3) is 0 Å². The highest BCUT2D eigenvalue weighted by Gasteiger charge is 2.18. The van der Waals surface area contributed by atoms with Crippen LogP contribution in [0.15, 0.2) is 0 Å². The Morgan fingerprint density at radius 3 is 2.74 bits per heavy atom. The predicted octanol–water partition coefficient (Wildman–Crippen LogP) is 2.71. The monoisotopic (exact) mass is 282 g/mol. The number of hydrogen-bond acceptors (Lipinski definition) is 4. The predicted molar refractivity (Wildman–Crippen MR) is 76.6 cm³/mol. The second-order valence-electron chi connectivity index (χ2n) is 5.13. The van der Waals surface area contributed by atoms with E-state index in [4.69, 9.17) is 5.11 Å². The molecule has 0 radical (unpaired) electrons. The lowest BCUT2D eigenvalue weighted by Crippen LogP contribution is -2.29. The maximum Gasteiger partial charge on any atom is 0.309 e. The van der Waals surface area contributed by atoms with Gasteiger partial charge in [-0.05, 0) is 38.8 Å². The van der Waals surface area contributed by atoms with Crippen molar-refractivity contribution in [2.24, 2.45) is 0 Å². The standard InChI is InChI=1S/C14H22N2O2S/c1-2-6-13-15-11(9-14(17)18)12(19-13)10-16-7-4-3-5-8-16/h2-10H2,1H3,(H,17,18). The molecule has 0 spiro atoms. The number of hydrogen-bond donors (Lipinski definition) is 1. The van der Waals surface area contributed by atoms with Crippen LogP contribution in [0.5, 0.6) is 0 Å². The highest BCUT2D eigenvalue weighted by Crippen LogP contribution is 2.24. The van der Waals surface area contributed by atoms with Crippen molar-refractivity contribution in [3.8, 4) is 0 Å². The highest BCUT2D eigenvalue weighted by atomic mass is 32.1. The van der Waals surface area contributed by atoms with E-state index in [0.29, 0.717) is 0 Å². The van der Waals surface area contributed by atoms with E-state index in [0.717, 1.165) is 48.1 Å². The first-order valence-corrected chi connectivity index (χ1v) is 7.92. The number of likely N-dealkylation sites (tertiary alicyclic amines) is 1. The zero-order valence-electron chi connectivity index (χ0n) is 11.5. The molecule has 1 aromatic rings. The number of aliphatic carboxylic acids is 1. The molecule has 0 saturated carbocycles. The van der Waals surface area contributed by atoms with E-state index in [1.165, 1.54) is 19.3 Å². The molecule has 5 heteroatoms. The lowest BCUT2D eigenvalue weighted by atomic mass is 10.1. The maximum atomic E-state index is 10.9. The maximum absolute atomic E-state index is 10.9. The quantitative estimate of drug-likeness (QED) is 0.871. The number of piperidine rings is 1. The molecule has 0 aliphatic carbocycles. The van der Waals surface area contributed by atoms with Gasteiger partial charge in [-0.15, -0.1) is 11.3 Å². The Bertz CT molecular complexity index is 425. The molecule has 0 amide bonds. The summed E-state index contributed by atoms with van der Waals surface area (Å²) < 4.78 is 0. The average molecular weight is 282 g/mol. The minimum absolute atomic E-state index is 0.0589. The number of carboxylic acids is 1. The number of thiazole rings is 1. The van der Waals surface area contributed by atoms with Gasteiger partial charge in [-0.1, -0.05) is 13.3 Å². The van der Waals surface area contributed by atoms with Crippen molar-refractivity contribution < 1.29 is 9.90 Å². The Morgan fingerprint density at radius 1 is 1.37 bits per heavy atom. The molecule has 2 rings (SSSR count). The van der Waals surface area contributed by atoms with Crippen molar-refractivity contribution in [1.29, 1.82) is 0 Å². The third-order valence-corrected chi connectivity index (χ3v) is 4.56. The van der Waals surface area contributed by atoms with Crippen LogP contribution in [0.3, 0.4) is 0 Å². The zero-order valence-corrected chi connectivity index (χ0v) is 12.3. The molecule has 4 nitrogen and oxygen atoms in total. The molecular weight excluding hydrogens is 260 g/mol. The van der Waals surface area contributed by atoms with Crippen molar-refractivity contribution in [1.82, 2.24) is 9.88 Å².